The highest BCUT2D eigenvalue weighted by atomic mass is 16.6. The van der Waals surface area contributed by atoms with Gasteiger partial charge < -0.3 is 13.6 Å². The van der Waals surface area contributed by atoms with E-state index >= 15 is 0 Å². The summed E-state index contributed by atoms with van der Waals surface area (Å²) in [6.45, 7) is 4.68. The molecule has 0 fully saturated rings. The maximum Gasteiger partial charge on any atom is 0.433 e. The molecule has 0 bridgehead atoms. The van der Waals surface area contributed by atoms with Crippen molar-refractivity contribution in [1.29, 1.82) is 5.26 Å². The third-order valence-electron chi connectivity index (χ3n) is 4.58. The molecule has 0 atom stereocenters. The minimum absolute atomic E-state index is 0.00727. The van der Waals surface area contributed by atoms with Crippen LogP contribution in [-0.4, -0.2) is 28.2 Å². The molecule has 0 unspecified atom stereocenters. The van der Waals surface area contributed by atoms with E-state index in [9.17, 15) is 25.0 Å². The monoisotopic (exact) mass is 381 g/mol. The van der Waals surface area contributed by atoms with E-state index in [1.165, 1.54) is 26.2 Å². The van der Waals surface area contributed by atoms with Crippen molar-refractivity contribution in [2.24, 2.45) is 0 Å². The van der Waals surface area contributed by atoms with Crippen molar-refractivity contribution in [2.75, 3.05) is 7.11 Å². The quantitative estimate of drug-likeness (QED) is 0.292. The Bertz CT molecular complexity index is 1210. The number of ether oxygens (including phenoxy) is 1. The second-order valence-electron chi connectivity index (χ2n) is 6.13. The molecule has 0 aliphatic rings. The first-order valence-corrected chi connectivity index (χ1v) is 8.15. The molecule has 0 saturated carbocycles. The van der Waals surface area contributed by atoms with Crippen LogP contribution >= 0.6 is 0 Å². The smallest absolute Gasteiger partial charge is 0.433 e. The highest BCUT2D eigenvalue weighted by Crippen LogP contribution is 2.38. The lowest BCUT2D eigenvalue weighted by Crippen LogP contribution is -2.14. The van der Waals surface area contributed by atoms with Crippen LogP contribution < -0.4 is 0 Å². The molecule has 0 amide bonds. The normalized spacial score (nSPS) is 10.7. The van der Waals surface area contributed by atoms with Crippen molar-refractivity contribution in [3.05, 3.63) is 56.4 Å². The van der Waals surface area contributed by atoms with Gasteiger partial charge in [0, 0.05) is 22.5 Å². The van der Waals surface area contributed by atoms with Gasteiger partial charge in [0.1, 0.15) is 16.8 Å². The van der Waals surface area contributed by atoms with Gasteiger partial charge >= 0.3 is 11.9 Å². The Balaban J connectivity index is 2.58. The molecule has 0 saturated heterocycles. The summed E-state index contributed by atoms with van der Waals surface area (Å²) in [6, 6.07) is 6.03. The highest BCUT2D eigenvalue weighted by Gasteiger charge is 2.30. The number of hydrogen-bond acceptors (Lipinski definition) is 7. The van der Waals surface area contributed by atoms with Gasteiger partial charge in [0.2, 0.25) is 0 Å². The van der Waals surface area contributed by atoms with E-state index in [0.717, 1.165) is 6.07 Å². The number of rotatable bonds is 4. The minimum atomic E-state index is -0.761. The molecule has 9 nitrogen and oxygen atoms in total. The summed E-state index contributed by atoms with van der Waals surface area (Å²) in [7, 11) is 1.18. The maximum atomic E-state index is 12.7. The first-order chi connectivity index (χ1) is 13.2. The Labute approximate surface area is 158 Å². The first-order valence-electron chi connectivity index (χ1n) is 8.15. The summed E-state index contributed by atoms with van der Waals surface area (Å²) in [5.74, 6) is -1.67. The zero-order valence-electron chi connectivity index (χ0n) is 15.5. The fraction of sp³-hybridized carbons (Fsp3) is 0.211. The van der Waals surface area contributed by atoms with Crippen molar-refractivity contribution in [3.8, 4) is 17.4 Å². The van der Waals surface area contributed by atoms with Crippen molar-refractivity contribution in [1.82, 2.24) is 4.40 Å². The molecule has 3 rings (SSSR count). The molecule has 3 aromatic heterocycles. The first kappa shape index (κ1) is 18.8. The highest BCUT2D eigenvalue weighted by molar-refractivity contribution is 6.11. The van der Waals surface area contributed by atoms with Crippen LogP contribution in [0.1, 0.15) is 44.6 Å². The van der Waals surface area contributed by atoms with Crippen LogP contribution in [0.2, 0.25) is 0 Å². The molecule has 3 aromatic rings. The fourth-order valence-electron chi connectivity index (χ4n) is 3.43. The van der Waals surface area contributed by atoms with E-state index in [-0.39, 0.29) is 28.2 Å². The minimum Gasteiger partial charge on any atom is -0.465 e. The Morgan fingerprint density at radius 2 is 1.93 bits per heavy atom. The summed E-state index contributed by atoms with van der Waals surface area (Å²) >= 11 is 0. The third kappa shape index (κ3) is 2.63. The fourth-order valence-corrected chi connectivity index (χ4v) is 3.43. The number of aryl methyl sites for hydroxylation is 2. The number of fused-ring (bicyclic) bond motifs is 1. The van der Waals surface area contributed by atoms with Crippen LogP contribution in [0.25, 0.3) is 16.8 Å². The van der Waals surface area contributed by atoms with Crippen LogP contribution in [0.15, 0.2) is 22.6 Å². The number of aromatic nitrogens is 1. The number of pyridine rings is 1. The van der Waals surface area contributed by atoms with E-state index in [2.05, 4.69) is 6.07 Å². The Morgan fingerprint density at radius 3 is 2.43 bits per heavy atom. The molecule has 28 heavy (non-hydrogen) atoms. The molecule has 0 aliphatic heterocycles. The molecular formula is C19H15N3O6. The molecule has 9 heteroatoms. The van der Waals surface area contributed by atoms with Crippen molar-refractivity contribution in [3.63, 3.8) is 0 Å². The van der Waals surface area contributed by atoms with Crippen LogP contribution in [0, 0.1) is 35.3 Å². The SMILES string of the molecule is COC(=O)c1c(-c2ccc([N+](=O)[O-])o2)c(C(C)=O)c(C)n2c(C)c(C#N)cc12. The van der Waals surface area contributed by atoms with Gasteiger partial charge in [-0.15, -0.1) is 0 Å². The largest absolute Gasteiger partial charge is 0.465 e. The van der Waals surface area contributed by atoms with Gasteiger partial charge in [0.25, 0.3) is 0 Å². The Morgan fingerprint density at radius 1 is 1.25 bits per heavy atom. The lowest BCUT2D eigenvalue weighted by atomic mass is 9.95. The number of carbonyl (C=O) groups is 2. The van der Waals surface area contributed by atoms with Gasteiger partial charge in [-0.2, -0.15) is 5.26 Å². The summed E-state index contributed by atoms with van der Waals surface area (Å²) in [4.78, 5) is 35.4. The number of furan rings is 1. The Hall–Kier alpha value is -3.93. The average Bonchev–Trinajstić information content (AvgIpc) is 3.25. The van der Waals surface area contributed by atoms with Crippen LogP contribution in [-0.2, 0) is 4.74 Å². The number of nitro groups is 1. The number of nitriles is 1. The molecule has 0 aliphatic carbocycles. The summed E-state index contributed by atoms with van der Waals surface area (Å²) < 4.78 is 11.8. The summed E-state index contributed by atoms with van der Waals surface area (Å²) in [6.07, 6.45) is 0. The second kappa shape index (κ2) is 6.66. The van der Waals surface area contributed by atoms with Gasteiger partial charge in [-0.1, -0.05) is 0 Å². The molecule has 0 spiro atoms. The maximum absolute atomic E-state index is 12.7. The summed E-state index contributed by atoms with van der Waals surface area (Å²) in [5, 5.41) is 20.4. The predicted octanol–water partition coefficient (Wildman–Crippen LogP) is 3.59. The number of nitrogens with zero attached hydrogens (tertiary/aromatic N) is 3. The number of ketones is 1. The van der Waals surface area contributed by atoms with E-state index in [1.54, 1.807) is 18.2 Å². The molecule has 0 aromatic carbocycles. The number of hydrogen-bond donors (Lipinski definition) is 0. The van der Waals surface area contributed by atoms with E-state index in [0.29, 0.717) is 22.5 Å². The number of methoxy groups -OCH3 is 1. The standard InChI is InChI=1S/C19H15N3O6/c1-9-12(8-20)7-13-17(19(24)27-4)18(14-5-6-15(28-14)22(25)26)16(11(3)23)10(2)21(9)13/h5-7H,1-4H3. The number of Topliss-reactive ketones (excluding diaryl/α,β-unsaturated/α-hetero) is 1. The second-order valence-corrected chi connectivity index (χ2v) is 6.13. The Kier molecular flexibility index (Phi) is 4.48. The zero-order chi connectivity index (χ0) is 20.7. The van der Waals surface area contributed by atoms with Crippen molar-refractivity contribution < 1.29 is 23.7 Å². The number of esters is 1. The van der Waals surface area contributed by atoms with Gasteiger partial charge in [0.15, 0.2) is 5.78 Å². The lowest BCUT2D eigenvalue weighted by molar-refractivity contribution is -0.401. The van der Waals surface area contributed by atoms with Gasteiger partial charge in [0.05, 0.1) is 29.8 Å². The number of carbonyl (C=O) groups excluding carboxylic acids is 2. The molecule has 142 valence electrons. The van der Waals surface area contributed by atoms with Crippen LogP contribution in [0.5, 0.6) is 0 Å². The van der Waals surface area contributed by atoms with Crippen molar-refractivity contribution in [2.45, 2.75) is 20.8 Å². The van der Waals surface area contributed by atoms with E-state index in [4.69, 9.17) is 9.15 Å². The topological polar surface area (TPSA) is 128 Å². The molecule has 3 heterocycles. The van der Waals surface area contributed by atoms with Crippen molar-refractivity contribution >= 4 is 23.2 Å². The van der Waals surface area contributed by atoms with Crippen LogP contribution in [0.3, 0.4) is 0 Å². The van der Waals surface area contributed by atoms with Gasteiger partial charge in [-0.3, -0.25) is 14.9 Å². The third-order valence-corrected chi connectivity index (χ3v) is 4.58. The zero-order valence-corrected chi connectivity index (χ0v) is 15.5. The van der Waals surface area contributed by atoms with Gasteiger partial charge in [-0.05, 0) is 32.9 Å². The molecule has 0 radical (unpaired) electrons. The van der Waals surface area contributed by atoms with E-state index < -0.39 is 16.8 Å². The average molecular weight is 381 g/mol. The van der Waals surface area contributed by atoms with Gasteiger partial charge in [-0.25, -0.2) is 4.79 Å². The lowest BCUT2D eigenvalue weighted by Gasteiger charge is -2.17. The molecule has 0 N–H and O–H groups in total. The molecular weight excluding hydrogens is 366 g/mol. The van der Waals surface area contributed by atoms with Crippen LogP contribution in [0.4, 0.5) is 5.88 Å². The van der Waals surface area contributed by atoms with E-state index in [1.807, 2.05) is 0 Å². The summed E-state index contributed by atoms with van der Waals surface area (Å²) in [5.41, 5.74) is 1.94. The predicted molar refractivity (Wildman–Crippen MR) is 97.3 cm³/mol.